The van der Waals surface area contributed by atoms with E-state index in [0.717, 1.165) is 0 Å². The van der Waals surface area contributed by atoms with E-state index >= 15 is 0 Å². The van der Waals surface area contributed by atoms with Gasteiger partial charge in [0.15, 0.2) is 0 Å². The summed E-state index contributed by atoms with van der Waals surface area (Å²) in [6, 6.07) is 9.17. The van der Waals surface area contributed by atoms with Crippen LogP contribution in [0.3, 0.4) is 0 Å². The van der Waals surface area contributed by atoms with E-state index in [1.807, 2.05) is 11.8 Å². The van der Waals surface area contributed by atoms with Gasteiger partial charge in [-0.1, -0.05) is 38.8 Å². The predicted octanol–water partition coefficient (Wildman–Crippen LogP) is 5.65. The minimum Gasteiger partial charge on any atom is -0.162 e. The summed E-state index contributed by atoms with van der Waals surface area (Å²) in [6.07, 6.45) is 6.50. The molecule has 2 heteroatoms. The molecule has 0 spiro atoms. The average molecular weight is 283 g/mol. The van der Waals surface area contributed by atoms with E-state index in [1.54, 1.807) is 0 Å². The van der Waals surface area contributed by atoms with Crippen LogP contribution in [-0.2, 0) is 6.42 Å². The maximum absolute atomic E-state index is 2.30. The molecule has 1 aromatic carbocycles. The number of thioether (sulfide) groups is 2. The van der Waals surface area contributed by atoms with Crippen molar-refractivity contribution in [3.05, 3.63) is 29.8 Å². The summed E-state index contributed by atoms with van der Waals surface area (Å²) in [5.74, 6) is 3.84. The van der Waals surface area contributed by atoms with E-state index in [9.17, 15) is 0 Å². The molecule has 0 heterocycles. The molecule has 0 aliphatic carbocycles. The zero-order chi connectivity index (χ0) is 13.1. The molecule has 0 aliphatic heterocycles. The van der Waals surface area contributed by atoms with Gasteiger partial charge in [0, 0.05) is 4.90 Å². The van der Waals surface area contributed by atoms with Gasteiger partial charge in [-0.05, 0) is 54.2 Å². The van der Waals surface area contributed by atoms with Crippen molar-refractivity contribution in [2.75, 3.05) is 17.3 Å². The molecule has 0 atom stereocenters. The fourth-order valence-electron chi connectivity index (χ4n) is 1.63. The Hall–Kier alpha value is -0.0800. The molecule has 0 saturated carbocycles. The van der Waals surface area contributed by atoms with Crippen molar-refractivity contribution in [1.29, 1.82) is 0 Å². The monoisotopic (exact) mass is 282 g/mol. The Kier molecular flexibility index (Phi) is 9.59. The summed E-state index contributed by atoms with van der Waals surface area (Å²) in [7, 11) is 0. The van der Waals surface area contributed by atoms with Crippen LogP contribution in [0.5, 0.6) is 0 Å². The number of benzene rings is 1. The van der Waals surface area contributed by atoms with Gasteiger partial charge in [-0.2, -0.15) is 11.8 Å². The van der Waals surface area contributed by atoms with Gasteiger partial charge < -0.3 is 0 Å². The van der Waals surface area contributed by atoms with Gasteiger partial charge in [-0.15, -0.1) is 11.8 Å². The lowest BCUT2D eigenvalue weighted by molar-refractivity contribution is 0.895. The fourth-order valence-corrected chi connectivity index (χ4v) is 3.70. The van der Waals surface area contributed by atoms with E-state index in [2.05, 4.69) is 49.9 Å². The molecule has 0 saturated heterocycles. The van der Waals surface area contributed by atoms with E-state index in [-0.39, 0.29) is 0 Å². The summed E-state index contributed by atoms with van der Waals surface area (Å²) in [5, 5.41) is 0. The lowest BCUT2D eigenvalue weighted by Crippen LogP contribution is -1.90. The number of hydrogen-bond acceptors (Lipinski definition) is 2. The van der Waals surface area contributed by atoms with Crippen LogP contribution in [0.4, 0.5) is 0 Å². The Labute approximate surface area is 121 Å². The average Bonchev–Trinajstić information content (AvgIpc) is 2.40. The molecule has 0 aromatic heterocycles. The van der Waals surface area contributed by atoms with Gasteiger partial charge >= 0.3 is 0 Å². The quantitative estimate of drug-likeness (QED) is 0.401. The molecule has 0 radical (unpaired) electrons. The third-order valence-electron chi connectivity index (χ3n) is 2.87. The lowest BCUT2D eigenvalue weighted by atomic mass is 10.2. The van der Waals surface area contributed by atoms with Crippen LogP contribution in [-0.4, -0.2) is 17.3 Å². The molecule has 0 fully saturated rings. The molecule has 1 rings (SSSR count). The molecule has 1 aromatic rings. The highest BCUT2D eigenvalue weighted by Gasteiger charge is 1.96. The fraction of sp³-hybridized carbons (Fsp3) is 0.625. The minimum absolute atomic E-state index is 1.22. The second-order valence-electron chi connectivity index (χ2n) is 4.56. The van der Waals surface area contributed by atoms with Crippen molar-refractivity contribution in [2.24, 2.45) is 0 Å². The lowest BCUT2D eigenvalue weighted by Gasteiger charge is -2.04. The van der Waals surface area contributed by atoms with Crippen LogP contribution in [0.2, 0.25) is 0 Å². The van der Waals surface area contributed by atoms with Gasteiger partial charge in [0.05, 0.1) is 0 Å². The zero-order valence-corrected chi connectivity index (χ0v) is 13.4. The van der Waals surface area contributed by atoms with Crippen LogP contribution in [0, 0.1) is 0 Å². The third kappa shape index (κ3) is 7.38. The smallest absolute Gasteiger partial charge is 0.00721 e. The normalized spacial score (nSPS) is 10.8. The minimum atomic E-state index is 1.22. The molecule has 102 valence electrons. The van der Waals surface area contributed by atoms with E-state index in [4.69, 9.17) is 0 Å². The maximum atomic E-state index is 2.30. The number of unbranched alkanes of at least 4 members (excludes halogenated alkanes) is 2. The maximum Gasteiger partial charge on any atom is 0.00721 e. The Balaban J connectivity index is 2.19. The van der Waals surface area contributed by atoms with Crippen LogP contribution >= 0.6 is 23.5 Å². The second-order valence-corrected chi connectivity index (χ2v) is 6.95. The highest BCUT2D eigenvalue weighted by Crippen LogP contribution is 2.20. The van der Waals surface area contributed by atoms with Crippen LogP contribution in [0.25, 0.3) is 0 Å². The predicted molar refractivity (Wildman–Crippen MR) is 88.0 cm³/mol. The molecule has 0 unspecified atom stereocenters. The molecular formula is C16H26S2. The SMILES string of the molecule is CCCCSCCc1ccc(SCCCC)cc1. The number of rotatable bonds is 10. The molecule has 0 bridgehead atoms. The van der Waals surface area contributed by atoms with Crippen LogP contribution < -0.4 is 0 Å². The molecule has 0 amide bonds. The van der Waals surface area contributed by atoms with Crippen molar-refractivity contribution in [1.82, 2.24) is 0 Å². The van der Waals surface area contributed by atoms with Crippen molar-refractivity contribution in [2.45, 2.75) is 50.8 Å². The number of aryl methyl sites for hydroxylation is 1. The van der Waals surface area contributed by atoms with Crippen LogP contribution in [0.15, 0.2) is 29.2 Å². The largest absolute Gasteiger partial charge is 0.162 e. The van der Waals surface area contributed by atoms with Crippen molar-refractivity contribution in [3.8, 4) is 0 Å². The first-order valence-corrected chi connectivity index (χ1v) is 9.30. The van der Waals surface area contributed by atoms with Gasteiger partial charge in [-0.3, -0.25) is 0 Å². The highest BCUT2D eigenvalue weighted by atomic mass is 32.2. The van der Waals surface area contributed by atoms with E-state index < -0.39 is 0 Å². The first-order valence-electron chi connectivity index (χ1n) is 7.16. The molecule has 0 aliphatic rings. The standard InChI is InChI=1S/C16H26S2/c1-3-5-12-17-14-11-15-7-9-16(10-8-15)18-13-6-4-2/h7-10H,3-6,11-14H2,1-2H3. The first kappa shape index (κ1) is 16.0. The highest BCUT2D eigenvalue weighted by molar-refractivity contribution is 7.99. The summed E-state index contributed by atoms with van der Waals surface area (Å²) in [6.45, 7) is 4.51. The first-order chi connectivity index (χ1) is 8.86. The van der Waals surface area contributed by atoms with Gasteiger partial charge in [0.2, 0.25) is 0 Å². The van der Waals surface area contributed by atoms with Gasteiger partial charge in [0.1, 0.15) is 0 Å². The van der Waals surface area contributed by atoms with Crippen LogP contribution in [0.1, 0.15) is 45.1 Å². The zero-order valence-electron chi connectivity index (χ0n) is 11.8. The Bertz CT molecular complexity index is 292. The Morgan fingerprint density at radius 2 is 1.50 bits per heavy atom. The Morgan fingerprint density at radius 3 is 2.17 bits per heavy atom. The summed E-state index contributed by atoms with van der Waals surface area (Å²) >= 11 is 4.07. The van der Waals surface area contributed by atoms with Crippen molar-refractivity contribution in [3.63, 3.8) is 0 Å². The summed E-state index contributed by atoms with van der Waals surface area (Å²) in [5.41, 5.74) is 1.49. The molecular weight excluding hydrogens is 256 g/mol. The van der Waals surface area contributed by atoms with E-state index in [1.165, 1.54) is 59.8 Å². The molecule has 18 heavy (non-hydrogen) atoms. The number of hydrogen-bond donors (Lipinski definition) is 0. The Morgan fingerprint density at radius 1 is 0.833 bits per heavy atom. The third-order valence-corrected chi connectivity index (χ3v) is 5.04. The van der Waals surface area contributed by atoms with Gasteiger partial charge in [0.25, 0.3) is 0 Å². The summed E-state index contributed by atoms with van der Waals surface area (Å²) < 4.78 is 0. The van der Waals surface area contributed by atoms with Crippen molar-refractivity contribution < 1.29 is 0 Å². The van der Waals surface area contributed by atoms with Crippen molar-refractivity contribution >= 4 is 23.5 Å². The molecule has 0 nitrogen and oxygen atoms in total. The molecule has 0 N–H and O–H groups in total. The summed E-state index contributed by atoms with van der Waals surface area (Å²) in [4.78, 5) is 1.42. The topological polar surface area (TPSA) is 0 Å². The van der Waals surface area contributed by atoms with Gasteiger partial charge in [-0.25, -0.2) is 0 Å². The second kappa shape index (κ2) is 10.8. The van der Waals surface area contributed by atoms with E-state index in [0.29, 0.717) is 0 Å².